The lowest BCUT2D eigenvalue weighted by Gasteiger charge is -2.31. The van der Waals surface area contributed by atoms with Gasteiger partial charge in [0.15, 0.2) is 0 Å². The number of nitrogens with zero attached hydrogens (tertiary/aromatic N) is 1. The fraction of sp³-hybridized carbons (Fsp3) is 0.667. The molecule has 1 saturated heterocycles. The maximum Gasteiger partial charge on any atom is 0.119 e. The number of benzene rings is 1. The Bertz CT molecular complexity index is 512. The average Bonchev–Trinajstić information content (AvgIpc) is 2.67. The third kappa shape index (κ3) is 2.95. The molecule has 0 saturated carbocycles. The van der Waals surface area contributed by atoms with Crippen LogP contribution in [0.4, 0.5) is 0 Å². The summed E-state index contributed by atoms with van der Waals surface area (Å²) in [6.07, 6.45) is 4.97. The van der Waals surface area contributed by atoms with E-state index in [1.165, 1.54) is 43.5 Å². The Kier molecular flexibility index (Phi) is 3.98. The molecule has 3 rings (SSSR count). The Hall–Kier alpha value is -1.06. The summed E-state index contributed by atoms with van der Waals surface area (Å²) in [6.45, 7) is 7.15. The van der Waals surface area contributed by atoms with E-state index in [0.717, 1.165) is 12.2 Å². The molecule has 0 amide bonds. The van der Waals surface area contributed by atoms with Gasteiger partial charge in [0.2, 0.25) is 0 Å². The first kappa shape index (κ1) is 14.9. The van der Waals surface area contributed by atoms with E-state index >= 15 is 0 Å². The van der Waals surface area contributed by atoms with Crippen molar-refractivity contribution in [2.75, 3.05) is 20.2 Å². The van der Waals surface area contributed by atoms with Gasteiger partial charge in [-0.05, 0) is 67.4 Å². The minimum Gasteiger partial charge on any atom is -0.497 e. The molecule has 0 spiro atoms. The Morgan fingerprint density at radius 3 is 2.81 bits per heavy atom. The van der Waals surface area contributed by atoms with Gasteiger partial charge in [-0.2, -0.15) is 0 Å². The van der Waals surface area contributed by atoms with Gasteiger partial charge in [-0.1, -0.05) is 19.9 Å². The summed E-state index contributed by atoms with van der Waals surface area (Å²) in [4.78, 5) is 2.63. The van der Waals surface area contributed by atoms with E-state index in [2.05, 4.69) is 36.9 Å². The summed E-state index contributed by atoms with van der Waals surface area (Å²) in [5.74, 6) is 0.918. The summed E-state index contributed by atoms with van der Waals surface area (Å²) < 4.78 is 5.35. The fourth-order valence-electron chi connectivity index (χ4n) is 3.89. The Morgan fingerprint density at radius 1 is 1.24 bits per heavy atom. The molecule has 2 atom stereocenters. The second kappa shape index (κ2) is 5.62. The van der Waals surface area contributed by atoms with Crippen LogP contribution in [0, 0.1) is 5.41 Å². The van der Waals surface area contributed by atoms with Crippen LogP contribution in [-0.4, -0.2) is 31.1 Å². The van der Waals surface area contributed by atoms with E-state index in [1.807, 2.05) is 0 Å². The van der Waals surface area contributed by atoms with Gasteiger partial charge in [-0.25, -0.2) is 0 Å². The molecular formula is C18H28N2O. The zero-order chi connectivity index (χ0) is 15.0. The first-order valence-electron chi connectivity index (χ1n) is 8.17. The van der Waals surface area contributed by atoms with Gasteiger partial charge < -0.3 is 10.5 Å². The number of likely N-dealkylation sites (tertiary alicyclic amines) is 1. The first-order chi connectivity index (χ1) is 10.00. The van der Waals surface area contributed by atoms with Crippen LogP contribution in [0.15, 0.2) is 18.2 Å². The molecule has 0 bridgehead atoms. The van der Waals surface area contributed by atoms with Crippen molar-refractivity contribution in [2.24, 2.45) is 11.1 Å². The van der Waals surface area contributed by atoms with Gasteiger partial charge in [0, 0.05) is 12.1 Å². The quantitative estimate of drug-likeness (QED) is 0.908. The lowest BCUT2D eigenvalue weighted by Crippen LogP contribution is -2.41. The van der Waals surface area contributed by atoms with E-state index in [0.29, 0.717) is 11.5 Å². The molecule has 1 fully saturated rings. The Balaban J connectivity index is 1.76. The van der Waals surface area contributed by atoms with Crippen LogP contribution in [0.3, 0.4) is 0 Å². The largest absolute Gasteiger partial charge is 0.497 e. The summed E-state index contributed by atoms with van der Waals surface area (Å²) >= 11 is 0. The molecule has 1 aliphatic heterocycles. The number of hydrogen-bond donors (Lipinski definition) is 1. The molecule has 21 heavy (non-hydrogen) atoms. The standard InChI is InChI=1S/C18H28N2O/c1-18(2)7-4-9-20(10-8-18)16-11-13-5-6-14(21-3)12-15(13)17(16)19/h5-6,12,16-17H,4,7-11,19H2,1-3H3. The normalized spacial score (nSPS) is 29.0. The molecule has 1 aliphatic carbocycles. The van der Waals surface area contributed by atoms with Gasteiger partial charge in [0.25, 0.3) is 0 Å². The number of nitrogens with two attached hydrogens (primary N) is 1. The third-order valence-electron chi connectivity index (χ3n) is 5.40. The molecule has 1 aromatic carbocycles. The maximum atomic E-state index is 6.57. The second-order valence-electron chi connectivity index (χ2n) is 7.42. The molecule has 116 valence electrons. The van der Waals surface area contributed by atoms with Gasteiger partial charge in [0.05, 0.1) is 7.11 Å². The summed E-state index contributed by atoms with van der Waals surface area (Å²) in [5, 5.41) is 0. The minimum atomic E-state index is 0.122. The van der Waals surface area contributed by atoms with Crippen molar-refractivity contribution in [2.45, 2.75) is 51.6 Å². The van der Waals surface area contributed by atoms with E-state index in [4.69, 9.17) is 10.5 Å². The lowest BCUT2D eigenvalue weighted by molar-refractivity contribution is 0.179. The van der Waals surface area contributed by atoms with Crippen LogP contribution in [0.1, 0.15) is 50.3 Å². The summed E-state index contributed by atoms with van der Waals surface area (Å²) in [7, 11) is 1.72. The van der Waals surface area contributed by atoms with E-state index in [9.17, 15) is 0 Å². The topological polar surface area (TPSA) is 38.5 Å². The first-order valence-corrected chi connectivity index (χ1v) is 8.17. The minimum absolute atomic E-state index is 0.122. The van der Waals surface area contributed by atoms with Gasteiger partial charge in [-0.15, -0.1) is 0 Å². The van der Waals surface area contributed by atoms with Crippen LogP contribution in [0.5, 0.6) is 5.75 Å². The molecule has 1 heterocycles. The lowest BCUT2D eigenvalue weighted by atomic mass is 9.85. The molecule has 3 heteroatoms. The molecular weight excluding hydrogens is 260 g/mol. The number of rotatable bonds is 2. The van der Waals surface area contributed by atoms with E-state index < -0.39 is 0 Å². The van der Waals surface area contributed by atoms with Crippen LogP contribution >= 0.6 is 0 Å². The van der Waals surface area contributed by atoms with Crippen LogP contribution < -0.4 is 10.5 Å². The van der Waals surface area contributed by atoms with Gasteiger partial charge in [-0.3, -0.25) is 4.90 Å². The average molecular weight is 288 g/mol. The van der Waals surface area contributed by atoms with E-state index in [1.54, 1.807) is 7.11 Å². The summed E-state index contributed by atoms with van der Waals surface area (Å²) in [6, 6.07) is 6.95. The monoisotopic (exact) mass is 288 g/mol. The molecule has 2 aliphatic rings. The van der Waals surface area contributed by atoms with Crippen LogP contribution in [0.25, 0.3) is 0 Å². The highest BCUT2D eigenvalue weighted by Crippen LogP contribution is 2.38. The molecule has 1 aromatic rings. The molecule has 0 aromatic heterocycles. The van der Waals surface area contributed by atoms with Crippen molar-refractivity contribution in [3.05, 3.63) is 29.3 Å². The maximum absolute atomic E-state index is 6.57. The predicted molar refractivity (Wildman–Crippen MR) is 86.6 cm³/mol. The zero-order valence-electron chi connectivity index (χ0n) is 13.6. The van der Waals surface area contributed by atoms with Crippen LogP contribution in [-0.2, 0) is 6.42 Å². The van der Waals surface area contributed by atoms with Crippen molar-refractivity contribution in [1.82, 2.24) is 4.90 Å². The van der Waals surface area contributed by atoms with E-state index in [-0.39, 0.29) is 6.04 Å². The highest BCUT2D eigenvalue weighted by atomic mass is 16.5. The van der Waals surface area contributed by atoms with Crippen molar-refractivity contribution >= 4 is 0 Å². The highest BCUT2D eigenvalue weighted by Gasteiger charge is 2.36. The smallest absolute Gasteiger partial charge is 0.119 e. The Labute approximate surface area is 128 Å². The van der Waals surface area contributed by atoms with Gasteiger partial charge in [0.1, 0.15) is 5.75 Å². The van der Waals surface area contributed by atoms with Crippen LogP contribution in [0.2, 0.25) is 0 Å². The summed E-state index contributed by atoms with van der Waals surface area (Å²) in [5.41, 5.74) is 9.73. The van der Waals surface area contributed by atoms with Crippen molar-refractivity contribution < 1.29 is 4.74 Å². The van der Waals surface area contributed by atoms with Gasteiger partial charge >= 0.3 is 0 Å². The van der Waals surface area contributed by atoms with Crippen molar-refractivity contribution in [1.29, 1.82) is 0 Å². The molecule has 3 nitrogen and oxygen atoms in total. The zero-order valence-corrected chi connectivity index (χ0v) is 13.6. The number of hydrogen-bond acceptors (Lipinski definition) is 3. The molecule has 2 unspecified atom stereocenters. The fourth-order valence-corrected chi connectivity index (χ4v) is 3.89. The number of methoxy groups -OCH3 is 1. The van der Waals surface area contributed by atoms with Crippen molar-refractivity contribution in [3.8, 4) is 5.75 Å². The van der Waals surface area contributed by atoms with Crippen molar-refractivity contribution in [3.63, 3.8) is 0 Å². The predicted octanol–water partition coefficient (Wildman–Crippen LogP) is 3.13. The molecule has 0 radical (unpaired) electrons. The Morgan fingerprint density at radius 2 is 2.05 bits per heavy atom. The SMILES string of the molecule is COc1ccc2c(c1)C(N)C(N1CCCC(C)(C)CC1)C2. The number of ether oxygens (including phenoxy) is 1. The highest BCUT2D eigenvalue weighted by molar-refractivity contribution is 5.42. The molecule has 2 N–H and O–H groups in total. The number of fused-ring (bicyclic) bond motifs is 1. The second-order valence-corrected chi connectivity index (χ2v) is 7.42. The third-order valence-corrected chi connectivity index (χ3v) is 5.40.